The molecule has 25 heavy (non-hydrogen) atoms. The number of piperazine rings is 1. The van der Waals surface area contributed by atoms with Crippen molar-refractivity contribution in [2.75, 3.05) is 39.8 Å². The quantitative estimate of drug-likeness (QED) is 0.849. The lowest BCUT2D eigenvalue weighted by Gasteiger charge is -2.34. The number of aromatic nitrogens is 2. The van der Waals surface area contributed by atoms with Crippen molar-refractivity contribution in [3.63, 3.8) is 0 Å². The first-order chi connectivity index (χ1) is 12.2. The SMILES string of the molecule is CNC(=O)CN1CCN(C(=O)Cc2cnn(-c3ccccc3)c2)CC1. The number of benzene rings is 1. The molecule has 1 aromatic heterocycles. The number of nitrogens with zero attached hydrogens (tertiary/aromatic N) is 4. The number of likely N-dealkylation sites (N-methyl/N-ethyl adjacent to an activating group) is 1. The van der Waals surface area contributed by atoms with Crippen molar-refractivity contribution in [1.29, 1.82) is 0 Å². The fourth-order valence-electron chi connectivity index (χ4n) is 2.90. The lowest BCUT2D eigenvalue weighted by atomic mass is 10.2. The van der Waals surface area contributed by atoms with Gasteiger partial charge in [0.05, 0.1) is 24.8 Å². The Balaban J connectivity index is 1.52. The van der Waals surface area contributed by atoms with Gasteiger partial charge in [-0.05, 0) is 17.7 Å². The second-order valence-corrected chi connectivity index (χ2v) is 6.14. The first kappa shape index (κ1) is 17.2. The third-order valence-electron chi connectivity index (χ3n) is 4.38. The van der Waals surface area contributed by atoms with Gasteiger partial charge in [0.2, 0.25) is 11.8 Å². The molecule has 1 fully saturated rings. The van der Waals surface area contributed by atoms with Crippen molar-refractivity contribution in [2.24, 2.45) is 0 Å². The van der Waals surface area contributed by atoms with Crippen LogP contribution >= 0.6 is 0 Å². The van der Waals surface area contributed by atoms with Crippen LogP contribution < -0.4 is 5.32 Å². The summed E-state index contributed by atoms with van der Waals surface area (Å²) in [5.41, 5.74) is 1.88. The summed E-state index contributed by atoms with van der Waals surface area (Å²) in [6.07, 6.45) is 3.99. The Morgan fingerprint density at radius 3 is 2.52 bits per heavy atom. The van der Waals surface area contributed by atoms with Crippen LogP contribution in [-0.4, -0.2) is 71.2 Å². The van der Waals surface area contributed by atoms with Gasteiger partial charge in [-0.15, -0.1) is 0 Å². The Labute approximate surface area is 147 Å². The van der Waals surface area contributed by atoms with Crippen LogP contribution in [0, 0.1) is 0 Å². The van der Waals surface area contributed by atoms with Gasteiger partial charge in [-0.1, -0.05) is 18.2 Å². The van der Waals surface area contributed by atoms with Crippen molar-refractivity contribution >= 4 is 11.8 Å². The number of nitrogens with one attached hydrogen (secondary N) is 1. The third kappa shape index (κ3) is 4.45. The molecule has 2 amide bonds. The molecule has 0 saturated carbocycles. The van der Waals surface area contributed by atoms with Crippen molar-refractivity contribution < 1.29 is 9.59 Å². The minimum Gasteiger partial charge on any atom is -0.358 e. The second-order valence-electron chi connectivity index (χ2n) is 6.14. The highest BCUT2D eigenvalue weighted by molar-refractivity contribution is 5.79. The molecule has 0 atom stereocenters. The van der Waals surface area contributed by atoms with Gasteiger partial charge < -0.3 is 10.2 Å². The number of para-hydroxylation sites is 1. The summed E-state index contributed by atoms with van der Waals surface area (Å²) in [6, 6.07) is 9.83. The molecule has 0 unspecified atom stereocenters. The average Bonchev–Trinajstić information content (AvgIpc) is 3.11. The standard InChI is InChI=1S/C18H23N5O2/c1-19-17(24)14-21-7-9-22(10-8-21)18(25)11-15-12-20-23(13-15)16-5-3-2-4-6-16/h2-6,12-13H,7-11,14H2,1H3,(H,19,24). The maximum absolute atomic E-state index is 12.5. The van der Waals surface area contributed by atoms with Gasteiger partial charge in [-0.2, -0.15) is 5.10 Å². The Morgan fingerprint density at radius 2 is 1.84 bits per heavy atom. The van der Waals surface area contributed by atoms with E-state index in [0.717, 1.165) is 24.3 Å². The van der Waals surface area contributed by atoms with E-state index in [1.807, 2.05) is 41.4 Å². The predicted molar refractivity (Wildman–Crippen MR) is 94.4 cm³/mol. The van der Waals surface area contributed by atoms with Crippen molar-refractivity contribution in [1.82, 2.24) is 24.9 Å². The van der Waals surface area contributed by atoms with Crippen LogP contribution in [0.25, 0.3) is 5.69 Å². The fraction of sp³-hybridized carbons (Fsp3) is 0.389. The molecule has 0 aliphatic carbocycles. The molecule has 1 N–H and O–H groups in total. The fourth-order valence-corrected chi connectivity index (χ4v) is 2.90. The van der Waals surface area contributed by atoms with Gasteiger partial charge in [0.25, 0.3) is 0 Å². The second kappa shape index (κ2) is 7.94. The van der Waals surface area contributed by atoms with Crippen molar-refractivity contribution in [3.05, 3.63) is 48.3 Å². The van der Waals surface area contributed by atoms with Crippen LogP contribution in [0.1, 0.15) is 5.56 Å². The summed E-state index contributed by atoms with van der Waals surface area (Å²) < 4.78 is 1.78. The molecule has 1 aliphatic rings. The number of carbonyl (C=O) groups excluding carboxylic acids is 2. The van der Waals surface area contributed by atoms with E-state index in [2.05, 4.69) is 15.3 Å². The predicted octanol–water partition coefficient (Wildman–Crippen LogP) is 0.305. The zero-order chi connectivity index (χ0) is 17.6. The Bertz CT molecular complexity index is 720. The number of hydrogen-bond acceptors (Lipinski definition) is 4. The molecule has 0 bridgehead atoms. The van der Waals surface area contributed by atoms with E-state index in [1.54, 1.807) is 17.9 Å². The number of carbonyl (C=O) groups is 2. The molecule has 7 nitrogen and oxygen atoms in total. The van der Waals surface area contributed by atoms with E-state index in [1.165, 1.54) is 0 Å². The summed E-state index contributed by atoms with van der Waals surface area (Å²) >= 11 is 0. The molecule has 2 heterocycles. The van der Waals surface area contributed by atoms with Crippen LogP contribution in [-0.2, 0) is 16.0 Å². The highest BCUT2D eigenvalue weighted by Gasteiger charge is 2.22. The third-order valence-corrected chi connectivity index (χ3v) is 4.38. The van der Waals surface area contributed by atoms with Gasteiger partial charge in [0.15, 0.2) is 0 Å². The molecule has 7 heteroatoms. The highest BCUT2D eigenvalue weighted by Crippen LogP contribution is 2.10. The Morgan fingerprint density at radius 1 is 1.12 bits per heavy atom. The maximum Gasteiger partial charge on any atom is 0.233 e. The number of amides is 2. The van der Waals surface area contributed by atoms with Gasteiger partial charge in [0, 0.05) is 39.4 Å². The normalized spacial score (nSPS) is 15.2. The van der Waals surface area contributed by atoms with E-state index in [-0.39, 0.29) is 11.8 Å². The molecular weight excluding hydrogens is 318 g/mol. The van der Waals surface area contributed by atoms with Crippen molar-refractivity contribution in [3.8, 4) is 5.69 Å². The lowest BCUT2D eigenvalue weighted by Crippen LogP contribution is -2.51. The first-order valence-electron chi connectivity index (χ1n) is 8.45. The van der Waals surface area contributed by atoms with Crippen LogP contribution in [0.3, 0.4) is 0 Å². The van der Waals surface area contributed by atoms with E-state index < -0.39 is 0 Å². The van der Waals surface area contributed by atoms with Gasteiger partial charge in [-0.25, -0.2) is 4.68 Å². The van der Waals surface area contributed by atoms with Crippen LogP contribution in [0.4, 0.5) is 0 Å². The highest BCUT2D eigenvalue weighted by atomic mass is 16.2. The van der Waals surface area contributed by atoms with E-state index >= 15 is 0 Å². The molecule has 1 aliphatic heterocycles. The van der Waals surface area contributed by atoms with E-state index in [0.29, 0.717) is 26.1 Å². The molecule has 1 aromatic carbocycles. The van der Waals surface area contributed by atoms with Crippen molar-refractivity contribution in [2.45, 2.75) is 6.42 Å². The zero-order valence-electron chi connectivity index (χ0n) is 14.4. The molecule has 3 rings (SSSR count). The molecule has 2 aromatic rings. The van der Waals surface area contributed by atoms with Gasteiger partial charge in [-0.3, -0.25) is 14.5 Å². The lowest BCUT2D eigenvalue weighted by molar-refractivity contribution is -0.132. The van der Waals surface area contributed by atoms with E-state index in [4.69, 9.17) is 0 Å². The maximum atomic E-state index is 12.5. The first-order valence-corrected chi connectivity index (χ1v) is 8.45. The summed E-state index contributed by atoms with van der Waals surface area (Å²) in [5, 5.41) is 6.96. The van der Waals surface area contributed by atoms with Gasteiger partial charge in [0.1, 0.15) is 0 Å². The molecule has 1 saturated heterocycles. The van der Waals surface area contributed by atoms with Crippen LogP contribution in [0.15, 0.2) is 42.7 Å². The van der Waals surface area contributed by atoms with Gasteiger partial charge >= 0.3 is 0 Å². The summed E-state index contributed by atoms with van der Waals surface area (Å²) in [7, 11) is 1.64. The Kier molecular flexibility index (Phi) is 5.45. The zero-order valence-corrected chi connectivity index (χ0v) is 14.4. The molecule has 0 spiro atoms. The average molecular weight is 341 g/mol. The summed E-state index contributed by atoms with van der Waals surface area (Å²) in [5.74, 6) is 0.111. The van der Waals surface area contributed by atoms with Crippen LogP contribution in [0.2, 0.25) is 0 Å². The number of hydrogen-bond donors (Lipinski definition) is 1. The minimum atomic E-state index is 0.00750. The molecule has 132 valence electrons. The summed E-state index contributed by atoms with van der Waals surface area (Å²) in [4.78, 5) is 27.8. The largest absolute Gasteiger partial charge is 0.358 e. The Hall–Kier alpha value is -2.67. The van der Waals surface area contributed by atoms with E-state index in [9.17, 15) is 9.59 Å². The molecule has 0 radical (unpaired) electrons. The topological polar surface area (TPSA) is 70.5 Å². The van der Waals surface area contributed by atoms with Crippen LogP contribution in [0.5, 0.6) is 0 Å². The summed E-state index contributed by atoms with van der Waals surface area (Å²) in [6.45, 7) is 3.15. The minimum absolute atomic E-state index is 0.00750. The smallest absolute Gasteiger partial charge is 0.233 e. The molecular formula is C18H23N5O2. The monoisotopic (exact) mass is 341 g/mol. The number of rotatable bonds is 5.